The van der Waals surface area contributed by atoms with Gasteiger partial charge in [-0.1, -0.05) is 0 Å². The van der Waals surface area contributed by atoms with Crippen LogP contribution in [0.2, 0.25) is 0 Å². The molecular formula is C6H8BrNOS. The topological polar surface area (TPSA) is 46.2 Å². The predicted molar refractivity (Wildman–Crippen MR) is 46.0 cm³/mol. The number of rotatable bonds is 2. The molecule has 0 amide bonds. The van der Waals surface area contributed by atoms with Gasteiger partial charge in [0.1, 0.15) is 0 Å². The minimum absolute atomic E-state index is 0.281. The molecule has 3 N–H and O–H groups in total. The Kier molecular flexibility index (Phi) is 2.85. The molecule has 1 rings (SSSR count). The van der Waals surface area contributed by atoms with Crippen molar-refractivity contribution in [2.24, 2.45) is 5.73 Å². The molecule has 1 aromatic heterocycles. The van der Waals surface area contributed by atoms with E-state index in [1.807, 2.05) is 11.4 Å². The van der Waals surface area contributed by atoms with Crippen LogP contribution in [0.3, 0.4) is 0 Å². The number of hydrogen-bond acceptors (Lipinski definition) is 3. The zero-order valence-corrected chi connectivity index (χ0v) is 7.65. The summed E-state index contributed by atoms with van der Waals surface area (Å²) >= 11 is 4.85. The van der Waals surface area contributed by atoms with Crippen LogP contribution in [0.1, 0.15) is 11.7 Å². The average molecular weight is 222 g/mol. The molecule has 0 saturated carbocycles. The van der Waals surface area contributed by atoms with E-state index in [0.717, 1.165) is 9.35 Å². The molecule has 0 fully saturated rings. The van der Waals surface area contributed by atoms with Gasteiger partial charge in [-0.3, -0.25) is 0 Å². The smallest absolute Gasteiger partial charge is 0.0920 e. The summed E-state index contributed by atoms with van der Waals surface area (Å²) in [6.45, 7) is 0.281. The highest BCUT2D eigenvalue weighted by Gasteiger charge is 2.05. The average Bonchev–Trinajstić information content (AvgIpc) is 2.34. The Bertz CT molecular complexity index is 213. The van der Waals surface area contributed by atoms with Crippen LogP contribution in [0.15, 0.2) is 15.2 Å². The second kappa shape index (κ2) is 3.48. The molecule has 10 heavy (non-hydrogen) atoms. The Morgan fingerprint density at radius 3 is 2.90 bits per heavy atom. The maximum absolute atomic E-state index is 9.20. The fourth-order valence-corrected chi connectivity index (χ4v) is 1.86. The first-order valence-electron chi connectivity index (χ1n) is 2.86. The minimum atomic E-state index is -0.512. The van der Waals surface area contributed by atoms with Crippen molar-refractivity contribution in [2.45, 2.75) is 6.10 Å². The van der Waals surface area contributed by atoms with Crippen LogP contribution in [0.25, 0.3) is 0 Å². The highest BCUT2D eigenvalue weighted by molar-refractivity contribution is 9.11. The van der Waals surface area contributed by atoms with Crippen molar-refractivity contribution in [2.75, 3.05) is 6.54 Å². The fourth-order valence-electron chi connectivity index (χ4n) is 0.634. The third kappa shape index (κ3) is 1.79. The first-order chi connectivity index (χ1) is 4.74. The first kappa shape index (κ1) is 8.20. The van der Waals surface area contributed by atoms with Gasteiger partial charge < -0.3 is 10.8 Å². The van der Waals surface area contributed by atoms with Crippen LogP contribution < -0.4 is 5.73 Å². The normalized spacial score (nSPS) is 13.5. The zero-order valence-electron chi connectivity index (χ0n) is 5.25. The van der Waals surface area contributed by atoms with E-state index < -0.39 is 6.10 Å². The Morgan fingerprint density at radius 2 is 2.50 bits per heavy atom. The molecule has 2 nitrogen and oxygen atoms in total. The van der Waals surface area contributed by atoms with Gasteiger partial charge in [0.05, 0.1) is 9.89 Å². The number of halogens is 1. The van der Waals surface area contributed by atoms with Crippen LogP contribution in [0, 0.1) is 0 Å². The molecule has 1 atom stereocenters. The summed E-state index contributed by atoms with van der Waals surface area (Å²) in [6.07, 6.45) is -0.512. The number of nitrogens with two attached hydrogens (primary N) is 1. The molecule has 0 aromatic carbocycles. The van der Waals surface area contributed by atoms with E-state index in [4.69, 9.17) is 5.73 Å². The summed E-state index contributed by atoms with van der Waals surface area (Å²) < 4.78 is 1.02. The standard InChI is InChI=1S/C6H8BrNOS/c7-6-1-4(3-10-6)5(9)2-8/h1,3,5,9H,2,8H2/t5-/m0/s1. The maximum atomic E-state index is 9.20. The molecule has 0 bridgehead atoms. The molecule has 0 radical (unpaired) electrons. The van der Waals surface area contributed by atoms with E-state index in [2.05, 4.69) is 15.9 Å². The molecule has 1 heterocycles. The Balaban J connectivity index is 2.74. The molecule has 0 aliphatic carbocycles. The molecule has 0 aliphatic heterocycles. The molecular weight excluding hydrogens is 214 g/mol. The molecule has 1 aromatic rings. The third-order valence-electron chi connectivity index (χ3n) is 1.20. The Morgan fingerprint density at radius 1 is 1.80 bits per heavy atom. The lowest BCUT2D eigenvalue weighted by Crippen LogP contribution is -2.10. The van der Waals surface area contributed by atoms with Gasteiger partial charge in [0.15, 0.2) is 0 Å². The van der Waals surface area contributed by atoms with Crippen LogP contribution >= 0.6 is 27.3 Å². The van der Waals surface area contributed by atoms with Gasteiger partial charge in [-0.15, -0.1) is 11.3 Å². The molecule has 0 aliphatic rings. The number of aliphatic hydroxyl groups excluding tert-OH is 1. The van der Waals surface area contributed by atoms with Crippen LogP contribution in [0.5, 0.6) is 0 Å². The quantitative estimate of drug-likeness (QED) is 0.796. The Hall–Kier alpha value is 0.100. The van der Waals surface area contributed by atoms with Crippen molar-refractivity contribution in [1.29, 1.82) is 0 Å². The highest BCUT2D eigenvalue weighted by Crippen LogP contribution is 2.24. The second-order valence-electron chi connectivity index (χ2n) is 1.94. The summed E-state index contributed by atoms with van der Waals surface area (Å²) in [6, 6.07) is 1.88. The summed E-state index contributed by atoms with van der Waals surface area (Å²) in [5.74, 6) is 0. The van der Waals surface area contributed by atoms with E-state index in [1.165, 1.54) is 0 Å². The molecule has 56 valence electrons. The first-order valence-corrected chi connectivity index (χ1v) is 4.53. The Labute approximate surface area is 71.8 Å². The van der Waals surface area contributed by atoms with Crippen molar-refractivity contribution in [3.8, 4) is 0 Å². The monoisotopic (exact) mass is 221 g/mol. The summed E-state index contributed by atoms with van der Waals surface area (Å²) in [7, 11) is 0. The van der Waals surface area contributed by atoms with Gasteiger partial charge in [0.2, 0.25) is 0 Å². The van der Waals surface area contributed by atoms with Crippen molar-refractivity contribution < 1.29 is 5.11 Å². The third-order valence-corrected chi connectivity index (χ3v) is 2.72. The lowest BCUT2D eigenvalue weighted by molar-refractivity contribution is 0.187. The lowest BCUT2D eigenvalue weighted by atomic mass is 10.2. The van der Waals surface area contributed by atoms with E-state index in [9.17, 15) is 5.11 Å². The number of aliphatic hydroxyl groups is 1. The van der Waals surface area contributed by atoms with Crippen LogP contribution in [-0.2, 0) is 0 Å². The number of hydrogen-bond donors (Lipinski definition) is 2. The van der Waals surface area contributed by atoms with Gasteiger partial charge in [0, 0.05) is 6.54 Å². The van der Waals surface area contributed by atoms with Crippen molar-refractivity contribution in [3.05, 3.63) is 20.8 Å². The van der Waals surface area contributed by atoms with Gasteiger partial charge in [-0.2, -0.15) is 0 Å². The number of thiophene rings is 1. The lowest BCUT2D eigenvalue weighted by Gasteiger charge is -2.02. The predicted octanol–water partition coefficient (Wildman–Crippen LogP) is 1.50. The van der Waals surface area contributed by atoms with Crippen molar-refractivity contribution in [1.82, 2.24) is 0 Å². The van der Waals surface area contributed by atoms with Gasteiger partial charge in [-0.25, -0.2) is 0 Å². The van der Waals surface area contributed by atoms with Crippen LogP contribution in [-0.4, -0.2) is 11.7 Å². The molecule has 0 unspecified atom stereocenters. The summed E-state index contributed by atoms with van der Waals surface area (Å²) in [5.41, 5.74) is 6.14. The van der Waals surface area contributed by atoms with Crippen molar-refractivity contribution in [3.63, 3.8) is 0 Å². The SMILES string of the molecule is NC[C@H](O)c1csc(Br)c1. The molecule has 0 saturated heterocycles. The molecule has 0 spiro atoms. The summed E-state index contributed by atoms with van der Waals surface area (Å²) in [4.78, 5) is 0. The van der Waals surface area contributed by atoms with Crippen molar-refractivity contribution >= 4 is 27.3 Å². The minimum Gasteiger partial charge on any atom is -0.387 e. The molecule has 4 heteroatoms. The van der Waals surface area contributed by atoms with E-state index in [-0.39, 0.29) is 6.54 Å². The van der Waals surface area contributed by atoms with Gasteiger partial charge in [0.25, 0.3) is 0 Å². The second-order valence-corrected chi connectivity index (χ2v) is 4.23. The summed E-state index contributed by atoms with van der Waals surface area (Å²) in [5, 5.41) is 11.1. The maximum Gasteiger partial charge on any atom is 0.0920 e. The van der Waals surface area contributed by atoms with Gasteiger partial charge in [-0.05, 0) is 32.9 Å². The zero-order chi connectivity index (χ0) is 7.56. The van der Waals surface area contributed by atoms with E-state index in [1.54, 1.807) is 11.3 Å². The fraction of sp³-hybridized carbons (Fsp3) is 0.333. The van der Waals surface area contributed by atoms with Crippen LogP contribution in [0.4, 0.5) is 0 Å². The highest BCUT2D eigenvalue weighted by atomic mass is 79.9. The van der Waals surface area contributed by atoms with E-state index in [0.29, 0.717) is 0 Å². The largest absolute Gasteiger partial charge is 0.387 e. The van der Waals surface area contributed by atoms with Gasteiger partial charge >= 0.3 is 0 Å². The van der Waals surface area contributed by atoms with E-state index >= 15 is 0 Å².